The molecule has 2 aromatic rings. The fourth-order valence-corrected chi connectivity index (χ4v) is 2.79. The van der Waals surface area contributed by atoms with Gasteiger partial charge in [-0.15, -0.1) is 0 Å². The van der Waals surface area contributed by atoms with Crippen LogP contribution in [0.15, 0.2) is 42.5 Å². The van der Waals surface area contributed by atoms with Crippen LogP contribution in [-0.2, 0) is 0 Å². The fourth-order valence-electron chi connectivity index (χ4n) is 2.79. The lowest BCUT2D eigenvalue weighted by Crippen LogP contribution is -2.18. The SMILES string of the molecule is Cc1ccccc1C1CCNc2cc(F)ccc21. The van der Waals surface area contributed by atoms with Crippen LogP contribution in [0.1, 0.15) is 29.0 Å². The summed E-state index contributed by atoms with van der Waals surface area (Å²) in [5.74, 6) is 0.203. The van der Waals surface area contributed by atoms with E-state index in [-0.39, 0.29) is 5.82 Å². The topological polar surface area (TPSA) is 12.0 Å². The molecule has 92 valence electrons. The van der Waals surface area contributed by atoms with E-state index in [4.69, 9.17) is 0 Å². The molecule has 0 spiro atoms. The Hall–Kier alpha value is -1.83. The zero-order chi connectivity index (χ0) is 12.5. The third-order valence-corrected chi connectivity index (χ3v) is 3.70. The molecule has 1 unspecified atom stereocenters. The van der Waals surface area contributed by atoms with E-state index in [1.807, 2.05) is 6.07 Å². The minimum absolute atomic E-state index is 0.174. The van der Waals surface area contributed by atoms with Crippen LogP contribution in [0.3, 0.4) is 0 Å². The maximum absolute atomic E-state index is 13.3. The van der Waals surface area contributed by atoms with Crippen LogP contribution in [0.2, 0.25) is 0 Å². The molecule has 1 atom stereocenters. The molecular weight excluding hydrogens is 225 g/mol. The standard InChI is InChI=1S/C16H16FN/c1-11-4-2-3-5-13(11)14-8-9-18-16-10-12(17)6-7-15(14)16/h2-7,10,14,18H,8-9H2,1H3. The molecule has 1 N–H and O–H groups in total. The average Bonchev–Trinajstić information content (AvgIpc) is 2.38. The Balaban J connectivity index is 2.09. The highest BCUT2D eigenvalue weighted by Gasteiger charge is 2.22. The summed E-state index contributed by atoms with van der Waals surface area (Å²) in [6, 6.07) is 13.5. The van der Waals surface area contributed by atoms with Gasteiger partial charge in [-0.25, -0.2) is 4.39 Å². The second-order valence-corrected chi connectivity index (χ2v) is 4.86. The van der Waals surface area contributed by atoms with Gasteiger partial charge in [-0.05, 0) is 42.2 Å². The molecule has 2 heteroatoms. The van der Waals surface area contributed by atoms with E-state index in [1.54, 1.807) is 12.1 Å². The van der Waals surface area contributed by atoms with Crippen molar-refractivity contribution in [1.82, 2.24) is 0 Å². The molecule has 1 heterocycles. The Morgan fingerprint density at radius 1 is 1.11 bits per heavy atom. The van der Waals surface area contributed by atoms with Gasteiger partial charge < -0.3 is 5.32 Å². The van der Waals surface area contributed by atoms with Gasteiger partial charge in [-0.3, -0.25) is 0 Å². The van der Waals surface area contributed by atoms with Gasteiger partial charge in [0, 0.05) is 18.2 Å². The zero-order valence-electron chi connectivity index (χ0n) is 10.4. The summed E-state index contributed by atoms with van der Waals surface area (Å²) in [5.41, 5.74) is 4.80. The van der Waals surface area contributed by atoms with Crippen molar-refractivity contribution in [3.63, 3.8) is 0 Å². The first kappa shape index (κ1) is 11.3. The summed E-state index contributed by atoms with van der Waals surface area (Å²) in [4.78, 5) is 0. The number of anilines is 1. The Morgan fingerprint density at radius 3 is 2.78 bits per heavy atom. The average molecular weight is 241 g/mol. The summed E-state index contributed by atoms with van der Waals surface area (Å²) >= 11 is 0. The van der Waals surface area contributed by atoms with Crippen LogP contribution >= 0.6 is 0 Å². The minimum atomic E-state index is -0.174. The fraction of sp³-hybridized carbons (Fsp3) is 0.250. The van der Waals surface area contributed by atoms with E-state index in [2.05, 4.69) is 36.5 Å². The van der Waals surface area contributed by atoms with Crippen molar-refractivity contribution in [2.45, 2.75) is 19.3 Å². The second kappa shape index (κ2) is 4.45. The molecule has 3 rings (SSSR count). The van der Waals surface area contributed by atoms with Crippen molar-refractivity contribution in [2.24, 2.45) is 0 Å². The Labute approximate surface area is 107 Å². The van der Waals surface area contributed by atoms with Crippen molar-refractivity contribution < 1.29 is 4.39 Å². The van der Waals surface area contributed by atoms with Crippen LogP contribution in [0, 0.1) is 12.7 Å². The number of halogens is 1. The smallest absolute Gasteiger partial charge is 0.125 e. The van der Waals surface area contributed by atoms with Gasteiger partial charge in [0.05, 0.1) is 0 Å². The summed E-state index contributed by atoms with van der Waals surface area (Å²) in [5, 5.41) is 3.28. The van der Waals surface area contributed by atoms with Crippen LogP contribution in [0.5, 0.6) is 0 Å². The lowest BCUT2D eigenvalue weighted by molar-refractivity contribution is 0.623. The van der Waals surface area contributed by atoms with E-state index >= 15 is 0 Å². The molecular formula is C16H16FN. The first-order chi connectivity index (χ1) is 8.75. The van der Waals surface area contributed by atoms with Crippen LogP contribution < -0.4 is 5.32 Å². The molecule has 0 amide bonds. The number of hydrogen-bond donors (Lipinski definition) is 1. The highest BCUT2D eigenvalue weighted by atomic mass is 19.1. The van der Waals surface area contributed by atoms with Gasteiger partial charge in [0.1, 0.15) is 5.82 Å². The molecule has 2 aromatic carbocycles. The van der Waals surface area contributed by atoms with Crippen LogP contribution in [-0.4, -0.2) is 6.54 Å². The summed E-state index contributed by atoms with van der Waals surface area (Å²) in [6.07, 6.45) is 1.06. The second-order valence-electron chi connectivity index (χ2n) is 4.86. The van der Waals surface area contributed by atoms with Crippen molar-refractivity contribution in [2.75, 3.05) is 11.9 Å². The summed E-state index contributed by atoms with van der Waals surface area (Å²) in [7, 11) is 0. The van der Waals surface area contributed by atoms with Crippen LogP contribution in [0.25, 0.3) is 0 Å². The van der Waals surface area contributed by atoms with Gasteiger partial charge in [-0.1, -0.05) is 30.3 Å². The van der Waals surface area contributed by atoms with Crippen molar-refractivity contribution in [1.29, 1.82) is 0 Å². The maximum atomic E-state index is 13.3. The zero-order valence-corrected chi connectivity index (χ0v) is 10.4. The maximum Gasteiger partial charge on any atom is 0.125 e. The molecule has 0 aliphatic carbocycles. The van der Waals surface area contributed by atoms with Crippen molar-refractivity contribution >= 4 is 5.69 Å². The molecule has 0 bridgehead atoms. The highest BCUT2D eigenvalue weighted by Crippen LogP contribution is 2.37. The Bertz CT molecular complexity index is 577. The molecule has 0 saturated carbocycles. The molecule has 0 fully saturated rings. The number of fused-ring (bicyclic) bond motifs is 1. The van der Waals surface area contributed by atoms with E-state index in [1.165, 1.54) is 16.7 Å². The largest absolute Gasteiger partial charge is 0.385 e. The summed E-state index contributed by atoms with van der Waals surface area (Å²) < 4.78 is 13.3. The molecule has 0 radical (unpaired) electrons. The number of rotatable bonds is 1. The van der Waals surface area contributed by atoms with E-state index in [9.17, 15) is 4.39 Å². The van der Waals surface area contributed by atoms with Gasteiger partial charge in [0.25, 0.3) is 0 Å². The van der Waals surface area contributed by atoms with Gasteiger partial charge >= 0.3 is 0 Å². The molecule has 1 aliphatic rings. The van der Waals surface area contributed by atoms with E-state index < -0.39 is 0 Å². The van der Waals surface area contributed by atoms with E-state index in [0.717, 1.165) is 18.7 Å². The first-order valence-corrected chi connectivity index (χ1v) is 6.34. The predicted octanol–water partition coefficient (Wildman–Crippen LogP) is 4.08. The Kier molecular flexibility index (Phi) is 2.78. The normalized spacial score (nSPS) is 18.0. The third kappa shape index (κ3) is 1.88. The van der Waals surface area contributed by atoms with Crippen molar-refractivity contribution in [3.05, 3.63) is 65.0 Å². The number of aryl methyl sites for hydroxylation is 1. The third-order valence-electron chi connectivity index (χ3n) is 3.70. The number of nitrogens with one attached hydrogen (secondary N) is 1. The monoisotopic (exact) mass is 241 g/mol. The van der Waals surface area contributed by atoms with E-state index in [0.29, 0.717) is 5.92 Å². The minimum Gasteiger partial charge on any atom is -0.385 e. The predicted molar refractivity (Wildman–Crippen MR) is 72.5 cm³/mol. The van der Waals surface area contributed by atoms with Crippen molar-refractivity contribution in [3.8, 4) is 0 Å². The molecule has 1 nitrogen and oxygen atoms in total. The molecule has 1 aliphatic heterocycles. The number of hydrogen-bond acceptors (Lipinski definition) is 1. The summed E-state index contributed by atoms with van der Waals surface area (Å²) in [6.45, 7) is 3.04. The van der Waals surface area contributed by atoms with Crippen LogP contribution in [0.4, 0.5) is 10.1 Å². The molecule has 0 saturated heterocycles. The quantitative estimate of drug-likeness (QED) is 0.793. The lowest BCUT2D eigenvalue weighted by atomic mass is 9.83. The Morgan fingerprint density at radius 2 is 1.94 bits per heavy atom. The van der Waals surface area contributed by atoms with Gasteiger partial charge in [-0.2, -0.15) is 0 Å². The first-order valence-electron chi connectivity index (χ1n) is 6.34. The lowest BCUT2D eigenvalue weighted by Gasteiger charge is -2.28. The highest BCUT2D eigenvalue weighted by molar-refractivity contribution is 5.58. The van der Waals surface area contributed by atoms with Gasteiger partial charge in [0.15, 0.2) is 0 Å². The van der Waals surface area contributed by atoms with Gasteiger partial charge in [0.2, 0.25) is 0 Å². The number of benzene rings is 2. The molecule has 0 aromatic heterocycles. The molecule has 18 heavy (non-hydrogen) atoms.